The second-order valence-electron chi connectivity index (χ2n) is 13.3. The lowest BCUT2D eigenvalue weighted by molar-refractivity contribution is -0.105. The van der Waals surface area contributed by atoms with Gasteiger partial charge < -0.3 is 19.7 Å². The Bertz CT molecular complexity index is 1720. The van der Waals surface area contributed by atoms with Gasteiger partial charge in [-0.15, -0.1) is 0 Å². The van der Waals surface area contributed by atoms with E-state index in [0.29, 0.717) is 13.2 Å². The molecule has 3 aromatic rings. The molecule has 0 fully saturated rings. The molecule has 0 aromatic heterocycles. The number of hydrogen-bond acceptors (Lipinski definition) is 3. The monoisotopic (exact) mass is 686 g/mol. The fourth-order valence-electron chi connectivity index (χ4n) is 7.51. The average Bonchev–Trinajstić information content (AvgIpc) is 3.17. The molecular weight excluding hydrogens is 629 g/mol. The van der Waals surface area contributed by atoms with Crippen LogP contribution >= 0.6 is 0 Å². The van der Waals surface area contributed by atoms with Crippen molar-refractivity contribution in [2.45, 2.75) is 97.7 Å². The van der Waals surface area contributed by atoms with Crippen LogP contribution in [0.2, 0.25) is 0 Å². The summed E-state index contributed by atoms with van der Waals surface area (Å²) < 4.78 is 20.0. The number of fused-ring (bicyclic) bond motifs is 1. The molecule has 0 aliphatic heterocycles. The van der Waals surface area contributed by atoms with Gasteiger partial charge in [0, 0.05) is 12.0 Å². The molecule has 0 saturated heterocycles. The number of rotatable bonds is 13. The zero-order chi connectivity index (χ0) is 35.2. The standard InChI is InChI=1S/C45H50O3.C2H6.H2O/c1-4-16-34(5-2)35-26-28-39(29-27-35)48-43(33-45(3)30-15-22-38-21-12-13-25-42(38)45)46-31-32-47-44-40(36-17-8-6-9-18-36)23-14-24-41(44)37-19-10-7-11-20-37;1-2;/h4-10,12-13,16-19,21,23,25-29,43H,11,14-15,20,22,24,30-33H2,1-3H3;1-2H3;1H2/b16-4-,34-5-;;. The minimum atomic E-state index is -0.414. The molecule has 0 amide bonds. The van der Waals surface area contributed by atoms with Crippen LogP contribution in [0.3, 0.4) is 0 Å². The van der Waals surface area contributed by atoms with Gasteiger partial charge in [-0.25, -0.2) is 0 Å². The van der Waals surface area contributed by atoms with Crippen molar-refractivity contribution in [3.63, 3.8) is 0 Å². The van der Waals surface area contributed by atoms with Crippen LogP contribution in [0, 0.1) is 0 Å². The summed E-state index contributed by atoms with van der Waals surface area (Å²) in [5.41, 5.74) is 10.3. The molecule has 3 aliphatic rings. The van der Waals surface area contributed by atoms with Crippen LogP contribution in [0.15, 0.2) is 138 Å². The van der Waals surface area contributed by atoms with E-state index in [4.69, 9.17) is 14.2 Å². The molecule has 4 heteroatoms. The zero-order valence-corrected chi connectivity index (χ0v) is 31.4. The molecule has 3 aliphatic carbocycles. The SMILES string of the molecule is C/C=C\C(=C\C)c1ccc(OC(CC2(C)CCCc3ccccc32)OCCOC2=C(C3=CC=CCC3)CCC=C2c2ccccc2)cc1.CC.O. The minimum absolute atomic E-state index is 0. The van der Waals surface area contributed by atoms with Gasteiger partial charge in [0.05, 0.1) is 6.61 Å². The van der Waals surface area contributed by atoms with Gasteiger partial charge in [0.1, 0.15) is 18.1 Å². The van der Waals surface area contributed by atoms with Gasteiger partial charge in [0.2, 0.25) is 6.29 Å². The summed E-state index contributed by atoms with van der Waals surface area (Å²) in [7, 11) is 0. The van der Waals surface area contributed by atoms with E-state index in [1.807, 2.05) is 20.8 Å². The summed E-state index contributed by atoms with van der Waals surface area (Å²) in [6.45, 7) is 11.4. The van der Waals surface area contributed by atoms with Gasteiger partial charge >= 0.3 is 0 Å². The van der Waals surface area contributed by atoms with Gasteiger partial charge in [0.15, 0.2) is 0 Å². The highest BCUT2D eigenvalue weighted by Crippen LogP contribution is 2.42. The van der Waals surface area contributed by atoms with E-state index in [1.54, 1.807) is 0 Å². The van der Waals surface area contributed by atoms with Crippen molar-refractivity contribution in [1.82, 2.24) is 0 Å². The topological polar surface area (TPSA) is 59.2 Å². The third-order valence-electron chi connectivity index (χ3n) is 9.95. The normalized spacial score (nSPS) is 19.2. The molecule has 2 N–H and O–H groups in total. The fourth-order valence-corrected chi connectivity index (χ4v) is 7.51. The van der Waals surface area contributed by atoms with Crippen molar-refractivity contribution >= 4 is 11.1 Å². The molecule has 4 nitrogen and oxygen atoms in total. The first-order valence-corrected chi connectivity index (χ1v) is 18.8. The predicted octanol–water partition coefficient (Wildman–Crippen LogP) is 11.7. The van der Waals surface area contributed by atoms with E-state index in [9.17, 15) is 0 Å². The van der Waals surface area contributed by atoms with E-state index < -0.39 is 6.29 Å². The lowest BCUT2D eigenvalue weighted by Gasteiger charge is -2.38. The maximum absolute atomic E-state index is 6.72. The number of allylic oxidation sites excluding steroid dienone is 11. The van der Waals surface area contributed by atoms with E-state index in [2.05, 4.69) is 135 Å². The third-order valence-corrected chi connectivity index (χ3v) is 9.95. The summed E-state index contributed by atoms with van der Waals surface area (Å²) in [5.74, 6) is 1.82. The molecule has 3 aromatic carbocycles. The van der Waals surface area contributed by atoms with Crippen LogP contribution < -0.4 is 4.74 Å². The van der Waals surface area contributed by atoms with Crippen molar-refractivity contribution in [2.75, 3.05) is 13.2 Å². The lowest BCUT2D eigenvalue weighted by Crippen LogP contribution is -2.36. The number of ether oxygens (including phenoxy) is 3. The predicted molar refractivity (Wildman–Crippen MR) is 215 cm³/mol. The summed E-state index contributed by atoms with van der Waals surface area (Å²) in [6, 6.07) is 27.9. The van der Waals surface area contributed by atoms with E-state index in [-0.39, 0.29) is 10.9 Å². The maximum Gasteiger partial charge on any atom is 0.200 e. The Morgan fingerprint density at radius 3 is 2.35 bits per heavy atom. The van der Waals surface area contributed by atoms with Crippen LogP contribution in [-0.2, 0) is 21.3 Å². The van der Waals surface area contributed by atoms with Crippen LogP contribution in [0.1, 0.15) is 102 Å². The van der Waals surface area contributed by atoms with Crippen LogP contribution in [-0.4, -0.2) is 25.0 Å². The van der Waals surface area contributed by atoms with Gasteiger partial charge in [0.25, 0.3) is 0 Å². The van der Waals surface area contributed by atoms with Gasteiger partial charge in [-0.2, -0.15) is 0 Å². The quantitative estimate of drug-likeness (QED) is 0.102. The molecule has 51 heavy (non-hydrogen) atoms. The second-order valence-corrected chi connectivity index (χ2v) is 13.3. The molecule has 2 atom stereocenters. The molecule has 0 spiro atoms. The Balaban J connectivity index is 0.00000191. The summed E-state index contributed by atoms with van der Waals surface area (Å²) in [5, 5.41) is 0. The summed E-state index contributed by atoms with van der Waals surface area (Å²) >= 11 is 0. The van der Waals surface area contributed by atoms with Crippen molar-refractivity contribution in [1.29, 1.82) is 0 Å². The first-order valence-electron chi connectivity index (χ1n) is 18.8. The lowest BCUT2D eigenvalue weighted by atomic mass is 9.69. The molecule has 270 valence electrons. The molecule has 0 heterocycles. The Hall–Kier alpha value is -4.38. The maximum atomic E-state index is 6.72. The van der Waals surface area contributed by atoms with E-state index >= 15 is 0 Å². The summed E-state index contributed by atoms with van der Waals surface area (Å²) in [4.78, 5) is 0. The first-order chi connectivity index (χ1) is 24.6. The highest BCUT2D eigenvalue weighted by Gasteiger charge is 2.35. The highest BCUT2D eigenvalue weighted by atomic mass is 16.7. The Labute approximate surface area is 307 Å². The number of benzene rings is 3. The first kappa shape index (κ1) is 39.4. The zero-order valence-electron chi connectivity index (χ0n) is 31.4. The Morgan fingerprint density at radius 2 is 1.63 bits per heavy atom. The van der Waals surface area contributed by atoms with Crippen LogP contribution in [0.4, 0.5) is 0 Å². The van der Waals surface area contributed by atoms with Gasteiger partial charge in [-0.05, 0) is 115 Å². The molecule has 6 rings (SSSR count). The average molecular weight is 687 g/mol. The largest absolute Gasteiger partial charge is 0.490 e. The number of hydrogen-bond donors (Lipinski definition) is 0. The van der Waals surface area contributed by atoms with Crippen molar-refractivity contribution < 1.29 is 19.7 Å². The number of aryl methyl sites for hydroxylation is 1. The summed E-state index contributed by atoms with van der Waals surface area (Å²) in [6.07, 6.45) is 23.3. The van der Waals surface area contributed by atoms with Crippen molar-refractivity contribution in [3.05, 3.63) is 161 Å². The minimum Gasteiger partial charge on any atom is -0.490 e. The van der Waals surface area contributed by atoms with Crippen LogP contribution in [0.25, 0.3) is 11.1 Å². The molecular formula is C47H58O4. The fraction of sp³-hybridized carbons (Fsp3) is 0.362. The molecule has 0 bridgehead atoms. The van der Waals surface area contributed by atoms with Gasteiger partial charge in [-0.1, -0.05) is 130 Å². The molecule has 2 unspecified atom stereocenters. The van der Waals surface area contributed by atoms with E-state index in [0.717, 1.165) is 56.5 Å². The van der Waals surface area contributed by atoms with E-state index in [1.165, 1.54) is 51.0 Å². The highest BCUT2D eigenvalue weighted by molar-refractivity contribution is 5.80. The van der Waals surface area contributed by atoms with Crippen LogP contribution in [0.5, 0.6) is 5.75 Å². The van der Waals surface area contributed by atoms with Crippen molar-refractivity contribution in [2.24, 2.45) is 0 Å². The third kappa shape index (κ3) is 10.1. The van der Waals surface area contributed by atoms with Gasteiger partial charge in [-0.3, -0.25) is 0 Å². The Morgan fingerprint density at radius 1 is 0.863 bits per heavy atom. The Kier molecular flexibility index (Phi) is 15.3. The molecule has 0 radical (unpaired) electrons. The second kappa shape index (κ2) is 19.9. The molecule has 0 saturated carbocycles. The van der Waals surface area contributed by atoms with Crippen molar-refractivity contribution in [3.8, 4) is 5.75 Å². The smallest absolute Gasteiger partial charge is 0.200 e.